The molecule has 4 nitrogen and oxygen atoms in total. The van der Waals surface area contributed by atoms with E-state index in [0.29, 0.717) is 5.92 Å². The molecule has 0 bridgehead atoms. The molecular formula is C16H18N4. The molecule has 2 aromatic rings. The molecule has 3 heterocycles. The highest BCUT2D eigenvalue weighted by Crippen LogP contribution is 2.42. The van der Waals surface area contributed by atoms with Gasteiger partial charge in [0.2, 0.25) is 0 Å². The lowest BCUT2D eigenvalue weighted by molar-refractivity contribution is 0.755. The lowest BCUT2D eigenvalue weighted by Crippen LogP contribution is -2.04. The van der Waals surface area contributed by atoms with Gasteiger partial charge in [0.1, 0.15) is 5.69 Å². The number of aryl methyl sites for hydroxylation is 1. The molecule has 20 heavy (non-hydrogen) atoms. The number of hydrogen-bond acceptors (Lipinski definition) is 4. The Balaban J connectivity index is 1.88. The van der Waals surface area contributed by atoms with Gasteiger partial charge in [0.15, 0.2) is 5.82 Å². The Morgan fingerprint density at radius 2 is 2.15 bits per heavy atom. The van der Waals surface area contributed by atoms with Gasteiger partial charge in [0.25, 0.3) is 0 Å². The Labute approximate surface area is 118 Å². The van der Waals surface area contributed by atoms with Crippen LogP contribution in [0.5, 0.6) is 0 Å². The van der Waals surface area contributed by atoms with Crippen molar-refractivity contribution in [2.45, 2.75) is 45.2 Å². The Morgan fingerprint density at radius 1 is 1.25 bits per heavy atom. The van der Waals surface area contributed by atoms with Gasteiger partial charge < -0.3 is 5.32 Å². The molecule has 0 spiro atoms. The van der Waals surface area contributed by atoms with Crippen molar-refractivity contribution in [3.8, 4) is 11.5 Å². The van der Waals surface area contributed by atoms with Crippen LogP contribution in [0.25, 0.3) is 11.5 Å². The van der Waals surface area contributed by atoms with Gasteiger partial charge in [-0.2, -0.15) is 0 Å². The van der Waals surface area contributed by atoms with Crippen molar-refractivity contribution < 1.29 is 0 Å². The first-order chi connectivity index (χ1) is 9.86. The lowest BCUT2D eigenvalue weighted by Gasteiger charge is -2.10. The summed E-state index contributed by atoms with van der Waals surface area (Å²) in [5.41, 5.74) is 5.95. The molecule has 0 radical (unpaired) electrons. The van der Waals surface area contributed by atoms with Crippen LogP contribution in [-0.4, -0.2) is 15.0 Å². The molecule has 0 aromatic carbocycles. The first kappa shape index (κ1) is 12.0. The average molecular weight is 266 g/mol. The number of rotatable bonds is 3. The van der Waals surface area contributed by atoms with Gasteiger partial charge in [-0.25, -0.2) is 9.97 Å². The molecule has 1 saturated carbocycles. The highest BCUT2D eigenvalue weighted by molar-refractivity contribution is 5.56. The van der Waals surface area contributed by atoms with Gasteiger partial charge in [0.05, 0.1) is 11.4 Å². The van der Waals surface area contributed by atoms with E-state index in [1.807, 2.05) is 12.3 Å². The number of pyridine rings is 1. The van der Waals surface area contributed by atoms with Gasteiger partial charge >= 0.3 is 0 Å². The molecule has 1 aliphatic heterocycles. The van der Waals surface area contributed by atoms with Crippen LogP contribution >= 0.6 is 0 Å². The van der Waals surface area contributed by atoms with E-state index in [2.05, 4.69) is 23.3 Å². The zero-order valence-electron chi connectivity index (χ0n) is 11.7. The molecular weight excluding hydrogens is 248 g/mol. The minimum absolute atomic E-state index is 0.652. The Bertz CT molecular complexity index is 662. The molecule has 102 valence electrons. The highest BCUT2D eigenvalue weighted by atomic mass is 15.0. The van der Waals surface area contributed by atoms with Crippen molar-refractivity contribution >= 4 is 0 Å². The molecule has 2 aliphatic rings. The number of fused-ring (bicyclic) bond motifs is 1. The van der Waals surface area contributed by atoms with Crippen LogP contribution in [0, 0.1) is 0 Å². The van der Waals surface area contributed by atoms with Crippen molar-refractivity contribution in [2.24, 2.45) is 0 Å². The molecule has 1 fully saturated rings. The molecule has 2 aromatic heterocycles. The summed E-state index contributed by atoms with van der Waals surface area (Å²) in [4.78, 5) is 14.2. The smallest absolute Gasteiger partial charge is 0.178 e. The largest absolute Gasteiger partial charge is 0.307 e. The zero-order valence-corrected chi connectivity index (χ0v) is 11.7. The van der Waals surface area contributed by atoms with E-state index >= 15 is 0 Å². The SMILES string of the molecule is CCc1cccnc1-c1nc2c(c(C3CC3)n1)CNC2. The summed E-state index contributed by atoms with van der Waals surface area (Å²) in [5.74, 6) is 1.46. The van der Waals surface area contributed by atoms with Crippen LogP contribution < -0.4 is 5.32 Å². The second kappa shape index (κ2) is 4.63. The van der Waals surface area contributed by atoms with E-state index in [-0.39, 0.29) is 0 Å². The number of hydrogen-bond donors (Lipinski definition) is 1. The standard InChI is InChI=1S/C16H18N4/c1-2-10-4-3-7-18-15(10)16-19-13-9-17-8-12(13)14(20-16)11-5-6-11/h3-4,7,11,17H,2,5-6,8-9H2,1H3. The minimum Gasteiger partial charge on any atom is -0.307 e. The third kappa shape index (κ3) is 1.91. The molecule has 4 rings (SSSR count). The van der Waals surface area contributed by atoms with Crippen molar-refractivity contribution in [3.63, 3.8) is 0 Å². The van der Waals surface area contributed by atoms with Gasteiger partial charge in [-0.15, -0.1) is 0 Å². The summed E-state index contributed by atoms with van der Waals surface area (Å²) in [5, 5.41) is 3.40. The second-order valence-electron chi connectivity index (χ2n) is 5.60. The molecule has 1 aliphatic carbocycles. The summed E-state index contributed by atoms with van der Waals surface area (Å²) in [6.07, 6.45) is 5.33. The Hall–Kier alpha value is -1.81. The number of nitrogens with one attached hydrogen (secondary N) is 1. The minimum atomic E-state index is 0.652. The fourth-order valence-electron chi connectivity index (χ4n) is 2.92. The fourth-order valence-corrected chi connectivity index (χ4v) is 2.92. The molecule has 1 N–H and O–H groups in total. The molecule has 0 saturated heterocycles. The summed E-state index contributed by atoms with van der Waals surface area (Å²) < 4.78 is 0. The van der Waals surface area contributed by atoms with Crippen LogP contribution in [0.3, 0.4) is 0 Å². The highest BCUT2D eigenvalue weighted by Gasteiger charge is 2.31. The van der Waals surface area contributed by atoms with Crippen LogP contribution in [0.2, 0.25) is 0 Å². The van der Waals surface area contributed by atoms with E-state index in [0.717, 1.165) is 31.0 Å². The molecule has 0 unspecified atom stereocenters. The van der Waals surface area contributed by atoms with Crippen LogP contribution in [-0.2, 0) is 19.5 Å². The van der Waals surface area contributed by atoms with E-state index < -0.39 is 0 Å². The predicted molar refractivity (Wildman–Crippen MR) is 77.2 cm³/mol. The maximum Gasteiger partial charge on any atom is 0.178 e. The van der Waals surface area contributed by atoms with Gasteiger partial charge in [-0.3, -0.25) is 4.98 Å². The second-order valence-corrected chi connectivity index (χ2v) is 5.60. The monoisotopic (exact) mass is 266 g/mol. The van der Waals surface area contributed by atoms with E-state index in [9.17, 15) is 0 Å². The van der Waals surface area contributed by atoms with Crippen LogP contribution in [0.15, 0.2) is 18.3 Å². The summed E-state index contributed by atoms with van der Waals surface area (Å²) >= 11 is 0. The molecule has 0 amide bonds. The normalized spacial score (nSPS) is 17.2. The third-order valence-electron chi connectivity index (χ3n) is 4.17. The average Bonchev–Trinajstić information content (AvgIpc) is 3.23. The summed E-state index contributed by atoms with van der Waals surface area (Å²) in [6, 6.07) is 4.10. The zero-order chi connectivity index (χ0) is 13.5. The number of nitrogens with zero attached hydrogens (tertiary/aromatic N) is 3. The summed E-state index contributed by atoms with van der Waals surface area (Å²) in [7, 11) is 0. The fraction of sp³-hybridized carbons (Fsp3) is 0.438. The maximum atomic E-state index is 4.87. The van der Waals surface area contributed by atoms with Gasteiger partial charge in [-0.1, -0.05) is 13.0 Å². The quantitative estimate of drug-likeness (QED) is 0.927. The van der Waals surface area contributed by atoms with Gasteiger partial charge in [0, 0.05) is 30.8 Å². The van der Waals surface area contributed by atoms with E-state index in [1.165, 1.54) is 35.4 Å². The summed E-state index contributed by atoms with van der Waals surface area (Å²) in [6.45, 7) is 3.93. The van der Waals surface area contributed by atoms with E-state index in [1.54, 1.807) is 0 Å². The van der Waals surface area contributed by atoms with Crippen LogP contribution in [0.1, 0.15) is 48.2 Å². The maximum absolute atomic E-state index is 4.87. The first-order valence-electron chi connectivity index (χ1n) is 7.41. The third-order valence-corrected chi connectivity index (χ3v) is 4.17. The topological polar surface area (TPSA) is 50.7 Å². The van der Waals surface area contributed by atoms with Crippen molar-refractivity contribution in [1.29, 1.82) is 0 Å². The lowest BCUT2D eigenvalue weighted by atomic mass is 10.1. The molecule has 0 atom stereocenters. The predicted octanol–water partition coefficient (Wildman–Crippen LogP) is 2.58. The van der Waals surface area contributed by atoms with Crippen molar-refractivity contribution in [2.75, 3.05) is 0 Å². The molecule has 4 heteroatoms. The Morgan fingerprint density at radius 3 is 2.95 bits per heavy atom. The van der Waals surface area contributed by atoms with E-state index in [4.69, 9.17) is 9.97 Å². The van der Waals surface area contributed by atoms with Crippen LogP contribution in [0.4, 0.5) is 0 Å². The van der Waals surface area contributed by atoms with Crippen molar-refractivity contribution in [1.82, 2.24) is 20.3 Å². The first-order valence-corrected chi connectivity index (χ1v) is 7.41. The number of aromatic nitrogens is 3. The Kier molecular flexibility index (Phi) is 2.77. The van der Waals surface area contributed by atoms with Gasteiger partial charge in [-0.05, 0) is 30.9 Å². The van der Waals surface area contributed by atoms with Crippen molar-refractivity contribution in [3.05, 3.63) is 40.8 Å².